The molecule has 0 radical (unpaired) electrons. The minimum absolute atomic E-state index is 0.207. The monoisotopic (exact) mass is 334 g/mol. The maximum atomic E-state index is 12.5. The Hall–Kier alpha value is -3.34. The number of benzene rings is 2. The van der Waals surface area contributed by atoms with Crippen molar-refractivity contribution in [3.63, 3.8) is 0 Å². The Balaban J connectivity index is 1.78. The minimum atomic E-state index is -0.207. The van der Waals surface area contributed by atoms with E-state index in [-0.39, 0.29) is 5.91 Å². The molecule has 1 aromatic heterocycles. The highest BCUT2D eigenvalue weighted by Crippen LogP contribution is 2.29. The Bertz CT molecular complexity index is 862. The molecule has 5 nitrogen and oxygen atoms in total. The normalized spacial score (nSPS) is 10.2. The highest BCUT2D eigenvalue weighted by Gasteiger charge is 2.11. The Morgan fingerprint density at radius 3 is 2.40 bits per heavy atom. The van der Waals surface area contributed by atoms with Crippen molar-refractivity contribution in [2.24, 2.45) is 0 Å². The molecule has 0 unspecified atom stereocenters. The number of hydrogen-bond donors (Lipinski definition) is 1. The first-order chi connectivity index (χ1) is 12.2. The quantitative estimate of drug-likeness (QED) is 0.765. The number of aromatic nitrogens is 1. The molecule has 0 fully saturated rings. The standard InChI is InChI=1S/C20H18N2O3/c1-24-17-9-10-18(19(12-17)25-2)22-20(23)15-7-5-14(6-8-15)16-4-3-11-21-13-16/h3-13H,1-2H3,(H,22,23). The van der Waals surface area contributed by atoms with Crippen molar-refractivity contribution in [2.45, 2.75) is 0 Å². The van der Waals surface area contributed by atoms with Crippen molar-refractivity contribution < 1.29 is 14.3 Å². The van der Waals surface area contributed by atoms with Crippen molar-refractivity contribution >= 4 is 11.6 Å². The third-order valence-corrected chi connectivity index (χ3v) is 3.80. The second-order valence-electron chi connectivity index (χ2n) is 5.34. The summed E-state index contributed by atoms with van der Waals surface area (Å²) < 4.78 is 10.5. The van der Waals surface area contributed by atoms with E-state index < -0.39 is 0 Å². The highest BCUT2D eigenvalue weighted by atomic mass is 16.5. The maximum Gasteiger partial charge on any atom is 0.255 e. The van der Waals surface area contributed by atoms with Gasteiger partial charge in [0.2, 0.25) is 0 Å². The van der Waals surface area contributed by atoms with Gasteiger partial charge in [-0.15, -0.1) is 0 Å². The molecule has 0 aliphatic carbocycles. The molecular formula is C20H18N2O3. The molecule has 0 saturated carbocycles. The van der Waals surface area contributed by atoms with Crippen LogP contribution in [0.5, 0.6) is 11.5 Å². The summed E-state index contributed by atoms with van der Waals surface area (Å²) in [6.45, 7) is 0. The molecule has 25 heavy (non-hydrogen) atoms. The molecule has 0 spiro atoms. The molecule has 1 heterocycles. The Morgan fingerprint density at radius 1 is 0.960 bits per heavy atom. The van der Waals surface area contributed by atoms with Gasteiger partial charge in [-0.3, -0.25) is 9.78 Å². The molecule has 3 aromatic rings. The Labute approximate surface area is 146 Å². The number of nitrogens with one attached hydrogen (secondary N) is 1. The summed E-state index contributed by atoms with van der Waals surface area (Å²) in [4.78, 5) is 16.6. The van der Waals surface area contributed by atoms with E-state index in [4.69, 9.17) is 9.47 Å². The Morgan fingerprint density at radius 2 is 1.76 bits per heavy atom. The number of hydrogen-bond acceptors (Lipinski definition) is 4. The number of amides is 1. The lowest BCUT2D eigenvalue weighted by Crippen LogP contribution is -2.12. The van der Waals surface area contributed by atoms with Crippen LogP contribution in [-0.2, 0) is 0 Å². The highest BCUT2D eigenvalue weighted by molar-refractivity contribution is 6.05. The number of carbonyl (C=O) groups excluding carboxylic acids is 1. The zero-order valence-electron chi connectivity index (χ0n) is 14.0. The Kier molecular flexibility index (Phi) is 4.95. The van der Waals surface area contributed by atoms with E-state index in [0.29, 0.717) is 22.7 Å². The maximum absolute atomic E-state index is 12.5. The molecule has 1 amide bonds. The first-order valence-electron chi connectivity index (χ1n) is 7.75. The van der Waals surface area contributed by atoms with Crippen LogP contribution in [0, 0.1) is 0 Å². The van der Waals surface area contributed by atoms with Gasteiger partial charge in [-0.1, -0.05) is 18.2 Å². The van der Waals surface area contributed by atoms with Gasteiger partial charge < -0.3 is 14.8 Å². The smallest absolute Gasteiger partial charge is 0.255 e. The van der Waals surface area contributed by atoms with E-state index in [1.54, 1.807) is 56.9 Å². The average molecular weight is 334 g/mol. The van der Waals surface area contributed by atoms with Crippen molar-refractivity contribution in [3.8, 4) is 22.6 Å². The van der Waals surface area contributed by atoms with E-state index >= 15 is 0 Å². The molecule has 1 N–H and O–H groups in total. The van der Waals surface area contributed by atoms with Gasteiger partial charge in [-0.25, -0.2) is 0 Å². The number of pyridine rings is 1. The number of ether oxygens (including phenoxy) is 2. The fourth-order valence-corrected chi connectivity index (χ4v) is 2.44. The van der Waals surface area contributed by atoms with Gasteiger partial charge in [-0.2, -0.15) is 0 Å². The lowest BCUT2D eigenvalue weighted by Gasteiger charge is -2.12. The van der Waals surface area contributed by atoms with Crippen molar-refractivity contribution in [3.05, 3.63) is 72.6 Å². The fraction of sp³-hybridized carbons (Fsp3) is 0.100. The van der Waals surface area contributed by atoms with Crippen LogP contribution in [0.15, 0.2) is 67.0 Å². The van der Waals surface area contributed by atoms with Gasteiger partial charge >= 0.3 is 0 Å². The van der Waals surface area contributed by atoms with Crippen LogP contribution in [0.3, 0.4) is 0 Å². The molecule has 0 aliphatic heterocycles. The van der Waals surface area contributed by atoms with Crippen LogP contribution in [0.1, 0.15) is 10.4 Å². The van der Waals surface area contributed by atoms with Crippen LogP contribution < -0.4 is 14.8 Å². The third kappa shape index (κ3) is 3.77. The number of anilines is 1. The molecule has 0 atom stereocenters. The number of nitrogens with zero attached hydrogens (tertiary/aromatic N) is 1. The summed E-state index contributed by atoms with van der Waals surface area (Å²) in [5, 5.41) is 2.86. The molecule has 3 rings (SSSR count). The minimum Gasteiger partial charge on any atom is -0.497 e. The SMILES string of the molecule is COc1ccc(NC(=O)c2ccc(-c3cccnc3)cc2)c(OC)c1. The second-order valence-corrected chi connectivity index (χ2v) is 5.34. The van der Waals surface area contributed by atoms with Crippen molar-refractivity contribution in [1.82, 2.24) is 4.98 Å². The van der Waals surface area contributed by atoms with Crippen molar-refractivity contribution in [2.75, 3.05) is 19.5 Å². The first-order valence-corrected chi connectivity index (χ1v) is 7.75. The molecule has 2 aromatic carbocycles. The molecule has 5 heteroatoms. The molecule has 0 bridgehead atoms. The van der Waals surface area contributed by atoms with Crippen LogP contribution >= 0.6 is 0 Å². The summed E-state index contributed by atoms with van der Waals surface area (Å²) in [5.74, 6) is 0.997. The number of methoxy groups -OCH3 is 2. The summed E-state index contributed by atoms with van der Waals surface area (Å²) in [7, 11) is 3.13. The topological polar surface area (TPSA) is 60.5 Å². The predicted molar refractivity (Wildman–Crippen MR) is 97.2 cm³/mol. The van der Waals surface area contributed by atoms with E-state index in [2.05, 4.69) is 10.3 Å². The van der Waals surface area contributed by atoms with Crippen LogP contribution in [0.2, 0.25) is 0 Å². The van der Waals surface area contributed by atoms with Crippen LogP contribution in [0.4, 0.5) is 5.69 Å². The lowest BCUT2D eigenvalue weighted by molar-refractivity contribution is 0.102. The van der Waals surface area contributed by atoms with E-state index in [1.165, 1.54) is 0 Å². The van der Waals surface area contributed by atoms with Crippen molar-refractivity contribution in [1.29, 1.82) is 0 Å². The first kappa shape index (κ1) is 16.5. The predicted octanol–water partition coefficient (Wildman–Crippen LogP) is 4.02. The van der Waals surface area contributed by atoms with E-state index in [9.17, 15) is 4.79 Å². The average Bonchev–Trinajstić information content (AvgIpc) is 2.69. The zero-order chi connectivity index (χ0) is 17.6. The van der Waals surface area contributed by atoms with Crippen LogP contribution in [-0.4, -0.2) is 25.1 Å². The largest absolute Gasteiger partial charge is 0.497 e. The van der Waals surface area contributed by atoms with Gasteiger partial charge in [0.15, 0.2) is 0 Å². The van der Waals surface area contributed by atoms with Gasteiger partial charge in [0, 0.05) is 24.0 Å². The summed E-state index contributed by atoms with van der Waals surface area (Å²) >= 11 is 0. The van der Waals surface area contributed by atoms with Gasteiger partial charge in [0.05, 0.1) is 19.9 Å². The fourth-order valence-electron chi connectivity index (χ4n) is 2.44. The van der Waals surface area contributed by atoms with E-state index in [0.717, 1.165) is 11.1 Å². The number of rotatable bonds is 5. The summed E-state index contributed by atoms with van der Waals surface area (Å²) in [5.41, 5.74) is 3.16. The van der Waals surface area contributed by atoms with Gasteiger partial charge in [-0.05, 0) is 41.5 Å². The van der Waals surface area contributed by atoms with E-state index in [1.807, 2.05) is 24.3 Å². The second kappa shape index (κ2) is 7.49. The molecule has 0 aliphatic rings. The lowest BCUT2D eigenvalue weighted by atomic mass is 10.1. The third-order valence-electron chi connectivity index (χ3n) is 3.80. The zero-order valence-corrected chi connectivity index (χ0v) is 14.0. The molecule has 0 saturated heterocycles. The summed E-state index contributed by atoms with van der Waals surface area (Å²) in [6, 6.07) is 16.5. The summed E-state index contributed by atoms with van der Waals surface area (Å²) in [6.07, 6.45) is 3.52. The van der Waals surface area contributed by atoms with Gasteiger partial charge in [0.1, 0.15) is 11.5 Å². The number of carbonyl (C=O) groups is 1. The van der Waals surface area contributed by atoms with Crippen LogP contribution in [0.25, 0.3) is 11.1 Å². The molecule has 126 valence electrons. The van der Waals surface area contributed by atoms with Gasteiger partial charge in [0.25, 0.3) is 5.91 Å². The molecular weight excluding hydrogens is 316 g/mol.